The minimum atomic E-state index is -0.372. The number of ether oxygens (including phenoxy) is 1. The molecular formula is C18H27NO2. The van der Waals surface area contributed by atoms with Gasteiger partial charge in [0.1, 0.15) is 6.61 Å². The molecule has 0 fully saturated rings. The van der Waals surface area contributed by atoms with Gasteiger partial charge in [-0.3, -0.25) is 0 Å². The number of hydrogen-bond acceptors (Lipinski definition) is 2. The van der Waals surface area contributed by atoms with Crippen molar-refractivity contribution in [3.63, 3.8) is 0 Å². The van der Waals surface area contributed by atoms with Gasteiger partial charge in [-0.1, -0.05) is 43.3 Å². The Kier molecular flexibility index (Phi) is 6.01. The van der Waals surface area contributed by atoms with Crippen LogP contribution in [0.4, 0.5) is 4.79 Å². The summed E-state index contributed by atoms with van der Waals surface area (Å²) in [5.74, 6) is 0. The molecule has 0 radical (unpaired) electrons. The van der Waals surface area contributed by atoms with Gasteiger partial charge in [0.15, 0.2) is 0 Å². The number of carbonyl (C=O) groups is 1. The molecule has 0 saturated heterocycles. The largest absolute Gasteiger partial charge is 0.449 e. The van der Waals surface area contributed by atoms with Crippen LogP contribution in [0.5, 0.6) is 0 Å². The fourth-order valence-corrected chi connectivity index (χ4v) is 2.13. The van der Waals surface area contributed by atoms with Gasteiger partial charge in [-0.15, -0.1) is 6.58 Å². The lowest BCUT2D eigenvalue weighted by Crippen LogP contribution is -2.42. The summed E-state index contributed by atoms with van der Waals surface area (Å²) in [5, 5.41) is 2.82. The molecule has 1 rings (SSSR count). The van der Waals surface area contributed by atoms with E-state index in [4.69, 9.17) is 4.74 Å². The first kappa shape index (κ1) is 17.3. The Bertz CT molecular complexity index is 462. The van der Waals surface area contributed by atoms with Crippen molar-refractivity contribution < 1.29 is 9.53 Å². The Morgan fingerprint density at radius 2 is 1.86 bits per heavy atom. The predicted molar refractivity (Wildman–Crippen MR) is 87.5 cm³/mol. The molecule has 21 heavy (non-hydrogen) atoms. The van der Waals surface area contributed by atoms with E-state index in [1.54, 1.807) is 0 Å². The summed E-state index contributed by atoms with van der Waals surface area (Å²) in [4.78, 5) is 11.9. The molecule has 0 aliphatic carbocycles. The van der Waals surface area contributed by atoms with Crippen molar-refractivity contribution in [3.05, 3.63) is 48.6 Å². The number of nitrogens with one attached hydrogen (secondary N) is 1. The zero-order valence-electron chi connectivity index (χ0n) is 13.6. The second-order valence-corrected chi connectivity index (χ2v) is 6.71. The number of rotatable bonds is 6. The molecule has 1 aromatic carbocycles. The Balaban J connectivity index is 2.75. The summed E-state index contributed by atoms with van der Waals surface area (Å²) >= 11 is 0. The van der Waals surface area contributed by atoms with Crippen molar-refractivity contribution >= 4 is 6.09 Å². The zero-order valence-corrected chi connectivity index (χ0v) is 13.6. The lowest BCUT2D eigenvalue weighted by Gasteiger charge is -2.30. The molecule has 0 aromatic heterocycles. The van der Waals surface area contributed by atoms with Crippen LogP contribution in [0.15, 0.2) is 43.0 Å². The highest BCUT2D eigenvalue weighted by atomic mass is 16.5. The molecule has 1 unspecified atom stereocenters. The Morgan fingerprint density at radius 1 is 1.24 bits per heavy atom. The summed E-state index contributed by atoms with van der Waals surface area (Å²) in [5.41, 5.74) is 0.682. The van der Waals surface area contributed by atoms with Crippen LogP contribution in [0, 0.1) is 0 Å². The second kappa shape index (κ2) is 7.30. The first-order valence-electron chi connectivity index (χ1n) is 7.38. The van der Waals surface area contributed by atoms with Crippen molar-refractivity contribution in [1.29, 1.82) is 0 Å². The molecule has 0 heterocycles. The van der Waals surface area contributed by atoms with E-state index in [9.17, 15) is 4.79 Å². The number of hydrogen-bond donors (Lipinski definition) is 1. The second-order valence-electron chi connectivity index (χ2n) is 6.71. The van der Waals surface area contributed by atoms with E-state index in [2.05, 4.69) is 31.0 Å². The normalized spacial score (nSPS) is 14.1. The summed E-state index contributed by atoms with van der Waals surface area (Å²) in [7, 11) is 0. The van der Waals surface area contributed by atoms with Gasteiger partial charge in [-0.2, -0.15) is 0 Å². The van der Waals surface area contributed by atoms with Crippen molar-refractivity contribution in [2.24, 2.45) is 0 Å². The van der Waals surface area contributed by atoms with Crippen LogP contribution >= 0.6 is 0 Å². The van der Waals surface area contributed by atoms with E-state index in [0.29, 0.717) is 6.61 Å². The maximum absolute atomic E-state index is 11.9. The van der Waals surface area contributed by atoms with Gasteiger partial charge in [0.05, 0.1) is 0 Å². The molecule has 116 valence electrons. The van der Waals surface area contributed by atoms with Crippen LogP contribution < -0.4 is 5.32 Å². The molecule has 3 nitrogen and oxygen atoms in total. The third-order valence-electron chi connectivity index (χ3n) is 3.37. The van der Waals surface area contributed by atoms with Crippen molar-refractivity contribution in [1.82, 2.24) is 5.32 Å². The summed E-state index contributed by atoms with van der Waals surface area (Å²) in [6.45, 7) is 12.1. The molecule has 1 amide bonds. The lowest BCUT2D eigenvalue weighted by atomic mass is 9.79. The van der Waals surface area contributed by atoms with E-state index in [-0.39, 0.29) is 17.0 Å². The third-order valence-corrected chi connectivity index (χ3v) is 3.37. The average molecular weight is 289 g/mol. The van der Waals surface area contributed by atoms with Gasteiger partial charge >= 0.3 is 6.09 Å². The van der Waals surface area contributed by atoms with E-state index in [1.165, 1.54) is 5.56 Å². The maximum Gasteiger partial charge on any atom is 0.407 e. The fourth-order valence-electron chi connectivity index (χ4n) is 2.13. The van der Waals surface area contributed by atoms with Gasteiger partial charge in [0.25, 0.3) is 0 Å². The van der Waals surface area contributed by atoms with Crippen molar-refractivity contribution in [3.8, 4) is 0 Å². The SMILES string of the molecule is C=CCCC(C)(COC(=O)NC(C)(C)C)c1ccccc1. The van der Waals surface area contributed by atoms with E-state index in [0.717, 1.165) is 12.8 Å². The molecule has 3 heteroatoms. The van der Waals surface area contributed by atoms with Crippen LogP contribution in [0.3, 0.4) is 0 Å². The third kappa shape index (κ3) is 6.03. The topological polar surface area (TPSA) is 38.3 Å². The zero-order chi connectivity index (χ0) is 15.9. The quantitative estimate of drug-likeness (QED) is 0.786. The average Bonchev–Trinajstić information content (AvgIpc) is 2.42. The maximum atomic E-state index is 11.9. The standard InChI is InChI=1S/C18H27NO2/c1-6-7-13-18(5,15-11-9-8-10-12-15)14-21-16(20)19-17(2,3)4/h6,8-12H,1,7,13-14H2,2-5H3,(H,19,20). The van der Waals surface area contributed by atoms with Crippen LogP contribution in [-0.4, -0.2) is 18.2 Å². The highest BCUT2D eigenvalue weighted by Gasteiger charge is 2.28. The number of allylic oxidation sites excluding steroid dienone is 1. The highest BCUT2D eigenvalue weighted by Crippen LogP contribution is 2.29. The van der Waals surface area contributed by atoms with Gasteiger partial charge in [-0.05, 0) is 39.2 Å². The molecular weight excluding hydrogens is 262 g/mol. The summed E-state index contributed by atoms with van der Waals surface area (Å²) in [6.07, 6.45) is 3.30. The van der Waals surface area contributed by atoms with Crippen LogP contribution in [0.1, 0.15) is 46.1 Å². The minimum Gasteiger partial charge on any atom is -0.449 e. The molecule has 0 aliphatic heterocycles. The van der Waals surface area contributed by atoms with Crippen LogP contribution in [-0.2, 0) is 10.2 Å². The Labute approximate surface area is 128 Å². The Hall–Kier alpha value is -1.77. The van der Waals surface area contributed by atoms with Crippen LogP contribution in [0.25, 0.3) is 0 Å². The van der Waals surface area contributed by atoms with Gasteiger partial charge in [-0.25, -0.2) is 4.79 Å². The van der Waals surface area contributed by atoms with Gasteiger partial charge in [0, 0.05) is 11.0 Å². The first-order chi connectivity index (χ1) is 9.77. The van der Waals surface area contributed by atoms with Crippen molar-refractivity contribution in [2.45, 2.75) is 51.5 Å². The molecule has 0 aliphatic rings. The molecule has 0 saturated carbocycles. The molecule has 0 spiro atoms. The van der Waals surface area contributed by atoms with Crippen molar-refractivity contribution in [2.75, 3.05) is 6.61 Å². The molecule has 0 bridgehead atoms. The number of carbonyl (C=O) groups excluding carboxylic acids is 1. The number of alkyl carbamates (subject to hydrolysis) is 1. The smallest absolute Gasteiger partial charge is 0.407 e. The first-order valence-corrected chi connectivity index (χ1v) is 7.38. The van der Waals surface area contributed by atoms with E-state index >= 15 is 0 Å². The van der Waals surface area contributed by atoms with E-state index < -0.39 is 0 Å². The highest BCUT2D eigenvalue weighted by molar-refractivity contribution is 5.68. The molecule has 1 N–H and O–H groups in total. The monoisotopic (exact) mass is 289 g/mol. The predicted octanol–water partition coefficient (Wildman–Crippen LogP) is 4.44. The van der Waals surface area contributed by atoms with E-state index in [1.807, 2.05) is 45.0 Å². The molecule has 1 aromatic rings. The van der Waals surface area contributed by atoms with Crippen LogP contribution in [0.2, 0.25) is 0 Å². The van der Waals surface area contributed by atoms with Gasteiger partial charge < -0.3 is 10.1 Å². The summed E-state index contributed by atoms with van der Waals surface area (Å²) < 4.78 is 5.45. The summed E-state index contributed by atoms with van der Waals surface area (Å²) in [6, 6.07) is 10.2. The minimum absolute atomic E-state index is 0.204. The lowest BCUT2D eigenvalue weighted by molar-refractivity contribution is 0.110. The molecule has 1 atom stereocenters. The number of amides is 1. The fraction of sp³-hybridized carbons (Fsp3) is 0.500. The van der Waals surface area contributed by atoms with Gasteiger partial charge in [0.2, 0.25) is 0 Å². The number of benzene rings is 1. The Morgan fingerprint density at radius 3 is 2.38 bits per heavy atom.